The van der Waals surface area contributed by atoms with E-state index in [0.717, 1.165) is 11.4 Å². The zero-order chi connectivity index (χ0) is 26.1. The van der Waals surface area contributed by atoms with E-state index in [1.165, 1.54) is 33.6 Å². The van der Waals surface area contributed by atoms with Crippen molar-refractivity contribution in [1.29, 1.82) is 0 Å². The number of H-pyrrole nitrogens is 1. The molecule has 0 atom stereocenters. The van der Waals surface area contributed by atoms with Gasteiger partial charge >= 0.3 is 0 Å². The molecule has 0 amide bonds. The number of halogens is 1. The third-order valence-corrected chi connectivity index (χ3v) is 9.03. The molecule has 8 bridgehead atoms. The van der Waals surface area contributed by atoms with Gasteiger partial charge in [0.25, 0.3) is 0 Å². The second-order valence-electron chi connectivity index (χ2n) is 12.5. The molecule has 0 radical (unpaired) electrons. The second-order valence-corrected chi connectivity index (χ2v) is 12.9. The van der Waals surface area contributed by atoms with Crippen molar-refractivity contribution in [3.63, 3.8) is 0 Å². The number of benzene rings is 2. The first-order valence-corrected chi connectivity index (χ1v) is 13.2. The van der Waals surface area contributed by atoms with Crippen LogP contribution < -0.4 is 0 Å². The highest BCUT2D eigenvalue weighted by Gasteiger charge is 2.35. The van der Waals surface area contributed by atoms with Gasteiger partial charge in [-0.2, -0.15) is 0 Å². The van der Waals surface area contributed by atoms with E-state index in [2.05, 4.69) is 127 Å². The van der Waals surface area contributed by atoms with E-state index in [1.807, 2.05) is 6.07 Å². The predicted molar refractivity (Wildman–Crippen MR) is 151 cm³/mol. The fourth-order valence-electron chi connectivity index (χ4n) is 5.54. The monoisotopic (exact) mass is 496 g/mol. The first-order chi connectivity index (χ1) is 16.8. The largest absolute Gasteiger partial charge is 0.361 e. The summed E-state index contributed by atoms with van der Waals surface area (Å²) in [6.45, 7) is 18.1. The van der Waals surface area contributed by atoms with Crippen molar-refractivity contribution in [2.75, 3.05) is 0 Å². The quantitative estimate of drug-likeness (QED) is 0.259. The Hall–Kier alpha value is -2.84. The second kappa shape index (κ2) is 8.08. The zero-order valence-corrected chi connectivity index (χ0v) is 23.5. The van der Waals surface area contributed by atoms with Crippen molar-refractivity contribution >= 4 is 11.6 Å². The maximum atomic E-state index is 6.84. The lowest BCUT2D eigenvalue weighted by Crippen LogP contribution is -2.28. The molecule has 2 aromatic carbocycles. The molecular weight excluding hydrogens is 460 g/mol. The molecule has 5 rings (SSSR count). The van der Waals surface area contributed by atoms with Crippen LogP contribution in [-0.4, -0.2) is 9.97 Å². The number of nitrogens with one attached hydrogen (secondary N) is 1. The number of hydrogen-bond acceptors (Lipinski definition) is 1. The summed E-state index contributed by atoms with van der Waals surface area (Å²) >= 11 is 6.84. The average molecular weight is 497 g/mol. The number of rotatable bonds is 0. The van der Waals surface area contributed by atoms with E-state index in [1.54, 1.807) is 0 Å². The van der Waals surface area contributed by atoms with Gasteiger partial charge in [0.15, 0.2) is 0 Å². The lowest BCUT2D eigenvalue weighted by Gasteiger charge is -2.33. The van der Waals surface area contributed by atoms with Gasteiger partial charge in [-0.1, -0.05) is 116 Å². The van der Waals surface area contributed by atoms with E-state index < -0.39 is 0 Å². The van der Waals surface area contributed by atoms with Gasteiger partial charge in [-0.05, 0) is 46.5 Å². The summed E-state index contributed by atoms with van der Waals surface area (Å²) in [5, 5.41) is 0.703. The van der Waals surface area contributed by atoms with Crippen LogP contribution >= 0.6 is 11.6 Å². The minimum atomic E-state index is -0.364. The Morgan fingerprint density at radius 2 is 1.00 bits per heavy atom. The van der Waals surface area contributed by atoms with Crippen molar-refractivity contribution in [3.8, 4) is 0 Å². The number of pyridine rings is 1. The first kappa shape index (κ1) is 24.8. The van der Waals surface area contributed by atoms with Crippen LogP contribution in [0.5, 0.6) is 0 Å². The average Bonchev–Trinajstić information content (AvgIpc) is 3.36. The lowest BCUT2D eigenvalue weighted by atomic mass is 9.74. The highest BCUT2D eigenvalue weighted by molar-refractivity contribution is 6.31. The number of hydrogen-bond donors (Lipinski definition) is 1. The molecule has 0 fully saturated rings. The molecule has 0 unspecified atom stereocenters. The number of nitrogens with zero attached hydrogens (tertiary/aromatic N) is 1. The van der Waals surface area contributed by atoms with Crippen LogP contribution in [0, 0.1) is 0 Å². The number of aromatic amines is 1. The van der Waals surface area contributed by atoms with E-state index in [0.29, 0.717) is 5.02 Å². The van der Waals surface area contributed by atoms with Crippen LogP contribution in [0.15, 0.2) is 72.8 Å². The third kappa shape index (κ3) is 3.73. The maximum Gasteiger partial charge on any atom is 0.0693 e. The van der Waals surface area contributed by atoms with Gasteiger partial charge in [0.05, 0.1) is 16.4 Å². The molecule has 1 aliphatic heterocycles. The lowest BCUT2D eigenvalue weighted by molar-refractivity contribution is 0.562. The molecule has 4 aromatic rings. The van der Waals surface area contributed by atoms with Gasteiger partial charge in [0, 0.05) is 33.0 Å². The predicted octanol–water partition coefficient (Wildman–Crippen LogP) is 8.68. The summed E-state index contributed by atoms with van der Waals surface area (Å²) in [7, 11) is 0. The Morgan fingerprint density at radius 3 is 1.50 bits per heavy atom. The van der Waals surface area contributed by atoms with E-state index in [4.69, 9.17) is 16.6 Å². The third-order valence-electron chi connectivity index (χ3n) is 8.72. The van der Waals surface area contributed by atoms with E-state index in [-0.39, 0.29) is 21.7 Å². The summed E-state index contributed by atoms with van der Waals surface area (Å²) in [6.07, 6.45) is 0. The van der Waals surface area contributed by atoms with Crippen molar-refractivity contribution in [2.24, 2.45) is 0 Å². The van der Waals surface area contributed by atoms with Crippen LogP contribution in [0.4, 0.5) is 0 Å². The number of aromatic nitrogens is 2. The summed E-state index contributed by atoms with van der Waals surface area (Å²) in [4.78, 5) is 9.08. The molecule has 0 aliphatic carbocycles. The minimum Gasteiger partial charge on any atom is -0.361 e. The molecular formula is C33H37ClN2. The number of fused-ring (bicyclic) bond motifs is 8. The molecule has 0 spiro atoms. The van der Waals surface area contributed by atoms with Crippen LogP contribution in [0.3, 0.4) is 0 Å². The van der Waals surface area contributed by atoms with Crippen molar-refractivity contribution in [3.05, 3.63) is 123 Å². The maximum absolute atomic E-state index is 6.84. The summed E-state index contributed by atoms with van der Waals surface area (Å²) < 4.78 is 0. The van der Waals surface area contributed by atoms with Gasteiger partial charge < -0.3 is 4.98 Å². The van der Waals surface area contributed by atoms with Crippen LogP contribution in [0.25, 0.3) is 0 Å². The fourth-order valence-corrected chi connectivity index (χ4v) is 5.88. The molecule has 2 aromatic heterocycles. The van der Waals surface area contributed by atoms with Gasteiger partial charge in [0.2, 0.25) is 0 Å². The highest BCUT2D eigenvalue weighted by atomic mass is 35.5. The Bertz CT molecular complexity index is 1450. The molecule has 0 saturated carbocycles. The molecule has 0 saturated heterocycles. The summed E-state index contributed by atoms with van der Waals surface area (Å²) in [5.41, 5.74) is 8.33. The minimum absolute atomic E-state index is 0.181. The Balaban J connectivity index is 1.84. The SMILES string of the molecule is CC1(C)c2cccc(c2)C(C)(C)c2ccc([nH]2)C(C)(C)c2cccc(c2)C(C)(C)c2nc1ccc2Cl. The Labute approximate surface area is 221 Å². The van der Waals surface area contributed by atoms with Gasteiger partial charge in [-0.25, -0.2) is 0 Å². The smallest absolute Gasteiger partial charge is 0.0693 e. The molecule has 3 heterocycles. The van der Waals surface area contributed by atoms with Crippen molar-refractivity contribution in [1.82, 2.24) is 9.97 Å². The fraction of sp³-hybridized carbons (Fsp3) is 0.364. The van der Waals surface area contributed by atoms with E-state index in [9.17, 15) is 0 Å². The van der Waals surface area contributed by atoms with Gasteiger partial charge in [-0.15, -0.1) is 0 Å². The molecule has 1 aliphatic rings. The van der Waals surface area contributed by atoms with Crippen molar-refractivity contribution < 1.29 is 0 Å². The molecule has 1 N–H and O–H groups in total. The molecule has 3 heteroatoms. The highest BCUT2D eigenvalue weighted by Crippen LogP contribution is 2.42. The molecule has 2 nitrogen and oxygen atoms in total. The van der Waals surface area contributed by atoms with Crippen LogP contribution in [-0.2, 0) is 21.7 Å². The Kier molecular flexibility index (Phi) is 5.58. The topological polar surface area (TPSA) is 28.7 Å². The van der Waals surface area contributed by atoms with Crippen molar-refractivity contribution in [2.45, 2.75) is 77.0 Å². The normalized spacial score (nSPS) is 19.0. The van der Waals surface area contributed by atoms with E-state index >= 15 is 0 Å². The summed E-state index contributed by atoms with van der Waals surface area (Å²) in [6, 6.07) is 26.5. The van der Waals surface area contributed by atoms with Crippen LogP contribution in [0.2, 0.25) is 5.02 Å². The summed E-state index contributed by atoms with van der Waals surface area (Å²) in [5.74, 6) is 0. The first-order valence-electron chi connectivity index (χ1n) is 12.9. The van der Waals surface area contributed by atoms with Gasteiger partial charge in [0.1, 0.15) is 0 Å². The van der Waals surface area contributed by atoms with Crippen LogP contribution in [0.1, 0.15) is 100 Å². The van der Waals surface area contributed by atoms with Gasteiger partial charge in [-0.3, -0.25) is 4.98 Å². The molecule has 36 heavy (non-hydrogen) atoms. The zero-order valence-electron chi connectivity index (χ0n) is 22.8. The standard InChI is InChI=1S/C33H37ClN2/c1-30(2)21-11-9-12-22(19-21)32(5,6)28-16-15-25(34)29(36-28)33(7,8)24-14-10-13-23(20-24)31(3,4)27-18-17-26(30)35-27/h9-20,35H,1-8H3. The molecule has 186 valence electrons. The Morgan fingerprint density at radius 1 is 0.556 bits per heavy atom.